The number of carbonyl (C=O) groups excluding carboxylic acids is 1. The molecular weight excluding hydrogens is 416 g/mol. The summed E-state index contributed by atoms with van der Waals surface area (Å²) in [4.78, 5) is 15.4. The van der Waals surface area contributed by atoms with Crippen LogP contribution in [0.1, 0.15) is 25.3 Å². The number of sulfonamides is 1. The predicted molar refractivity (Wildman–Crippen MR) is 118 cm³/mol. The van der Waals surface area contributed by atoms with E-state index in [1.165, 1.54) is 30.7 Å². The maximum absolute atomic E-state index is 13.4. The van der Waals surface area contributed by atoms with Crippen molar-refractivity contribution >= 4 is 21.6 Å². The number of methoxy groups -OCH3 is 2. The highest BCUT2D eigenvalue weighted by Gasteiger charge is 2.39. The molecule has 0 spiro atoms. The molecule has 7 nitrogen and oxygen atoms in total. The number of piperidine rings is 1. The lowest BCUT2D eigenvalue weighted by molar-refractivity contribution is -0.123. The van der Waals surface area contributed by atoms with Gasteiger partial charge >= 0.3 is 0 Å². The topological polar surface area (TPSA) is 76.2 Å². The first-order valence-electron chi connectivity index (χ1n) is 10.5. The van der Waals surface area contributed by atoms with Gasteiger partial charge in [0.25, 0.3) is 0 Å². The number of carbonyl (C=O) groups is 1. The van der Waals surface area contributed by atoms with E-state index in [0.29, 0.717) is 30.9 Å². The van der Waals surface area contributed by atoms with E-state index in [0.717, 1.165) is 17.7 Å². The van der Waals surface area contributed by atoms with Crippen LogP contribution in [0.3, 0.4) is 0 Å². The highest BCUT2D eigenvalue weighted by atomic mass is 32.2. The van der Waals surface area contributed by atoms with Gasteiger partial charge in [-0.15, -0.1) is 0 Å². The number of nitrogens with zero attached hydrogens (tertiary/aromatic N) is 2. The molecule has 8 heteroatoms. The monoisotopic (exact) mass is 444 g/mol. The lowest BCUT2D eigenvalue weighted by Crippen LogP contribution is -2.48. The van der Waals surface area contributed by atoms with Gasteiger partial charge in [0.1, 0.15) is 0 Å². The van der Waals surface area contributed by atoms with Crippen LogP contribution in [0.4, 0.5) is 5.69 Å². The van der Waals surface area contributed by atoms with Gasteiger partial charge in [0.2, 0.25) is 15.9 Å². The summed E-state index contributed by atoms with van der Waals surface area (Å²) in [7, 11) is -0.781. The Kier molecular flexibility index (Phi) is 5.94. The highest BCUT2D eigenvalue weighted by molar-refractivity contribution is 7.89. The van der Waals surface area contributed by atoms with Gasteiger partial charge in [0.15, 0.2) is 11.5 Å². The van der Waals surface area contributed by atoms with Crippen LogP contribution in [0.2, 0.25) is 0 Å². The number of hydrogen-bond donors (Lipinski definition) is 0. The molecule has 2 aromatic carbocycles. The zero-order chi connectivity index (χ0) is 22.2. The minimum atomic E-state index is -3.76. The molecule has 0 aliphatic carbocycles. The van der Waals surface area contributed by atoms with Crippen molar-refractivity contribution in [2.45, 2.75) is 37.1 Å². The molecule has 0 aromatic heterocycles. The van der Waals surface area contributed by atoms with Gasteiger partial charge in [-0.25, -0.2) is 8.42 Å². The minimum Gasteiger partial charge on any atom is -0.493 e. The third kappa shape index (κ3) is 3.90. The summed E-state index contributed by atoms with van der Waals surface area (Å²) in [6.45, 7) is 2.62. The van der Waals surface area contributed by atoms with E-state index in [2.05, 4.69) is 0 Å². The van der Waals surface area contributed by atoms with E-state index in [1.54, 1.807) is 6.07 Å². The van der Waals surface area contributed by atoms with Crippen LogP contribution in [0.5, 0.6) is 11.5 Å². The number of anilines is 1. The molecule has 2 aliphatic rings. The minimum absolute atomic E-state index is 0.00432. The van der Waals surface area contributed by atoms with Crippen molar-refractivity contribution in [1.82, 2.24) is 4.31 Å². The molecule has 1 saturated heterocycles. The number of rotatable bonds is 5. The van der Waals surface area contributed by atoms with Crippen LogP contribution >= 0.6 is 0 Å². The molecule has 2 heterocycles. The van der Waals surface area contributed by atoms with E-state index >= 15 is 0 Å². The Hall–Kier alpha value is -2.58. The molecule has 31 heavy (non-hydrogen) atoms. The average Bonchev–Trinajstić information content (AvgIpc) is 3.13. The molecule has 1 amide bonds. The zero-order valence-electron chi connectivity index (χ0n) is 18.1. The normalized spacial score (nSPS) is 21.6. The molecule has 1 fully saturated rings. The van der Waals surface area contributed by atoms with E-state index in [4.69, 9.17) is 9.47 Å². The van der Waals surface area contributed by atoms with Gasteiger partial charge in [0.05, 0.1) is 25.0 Å². The first kappa shape index (κ1) is 21.6. The standard InChI is InChI=1S/C23H28N2O5S/c1-16-13-17-7-4-5-9-20(17)25(16)23(26)18-8-6-12-24(15-18)31(27,28)19-10-11-21(29-2)22(14-19)30-3/h4-5,7,9-11,14,16,18H,6,8,12-13,15H2,1-3H3/t16-,18+/m0/s1. The van der Waals surface area contributed by atoms with Crippen molar-refractivity contribution in [1.29, 1.82) is 0 Å². The van der Waals surface area contributed by atoms with E-state index in [-0.39, 0.29) is 29.3 Å². The summed E-state index contributed by atoms with van der Waals surface area (Å²) >= 11 is 0. The Bertz CT molecular complexity index is 1090. The second kappa shape index (κ2) is 8.51. The Morgan fingerprint density at radius 3 is 2.55 bits per heavy atom. The molecule has 166 valence electrons. The average molecular weight is 445 g/mol. The molecule has 2 atom stereocenters. The second-order valence-electron chi connectivity index (χ2n) is 8.11. The Balaban J connectivity index is 1.57. The van der Waals surface area contributed by atoms with Crippen molar-refractivity contribution in [2.75, 3.05) is 32.2 Å². The first-order valence-corrected chi connectivity index (χ1v) is 11.9. The van der Waals surface area contributed by atoms with Gasteiger partial charge in [-0.1, -0.05) is 18.2 Å². The molecular formula is C23H28N2O5S. The van der Waals surface area contributed by atoms with Crippen LogP contribution < -0.4 is 14.4 Å². The van der Waals surface area contributed by atoms with Crippen LogP contribution in [0.15, 0.2) is 47.4 Å². The number of benzene rings is 2. The van der Waals surface area contributed by atoms with Crippen molar-refractivity contribution in [2.24, 2.45) is 5.92 Å². The summed E-state index contributed by atoms with van der Waals surface area (Å²) in [5.41, 5.74) is 2.11. The fourth-order valence-electron chi connectivity index (χ4n) is 4.59. The fraction of sp³-hybridized carbons (Fsp3) is 0.435. The number of fused-ring (bicyclic) bond motifs is 1. The maximum Gasteiger partial charge on any atom is 0.243 e. The van der Waals surface area contributed by atoms with Crippen LogP contribution in [0, 0.1) is 5.92 Å². The van der Waals surface area contributed by atoms with Crippen molar-refractivity contribution in [3.63, 3.8) is 0 Å². The van der Waals surface area contributed by atoms with Crippen LogP contribution in [-0.2, 0) is 21.2 Å². The summed E-state index contributed by atoms with van der Waals surface area (Å²) in [6.07, 6.45) is 2.15. The molecule has 0 saturated carbocycles. The number of hydrogen-bond acceptors (Lipinski definition) is 5. The molecule has 0 unspecified atom stereocenters. The van der Waals surface area contributed by atoms with E-state index < -0.39 is 10.0 Å². The summed E-state index contributed by atoms with van der Waals surface area (Å²) < 4.78 is 38.5. The third-order valence-corrected chi connectivity index (χ3v) is 8.03. The largest absolute Gasteiger partial charge is 0.493 e. The van der Waals surface area contributed by atoms with Gasteiger partial charge in [-0.2, -0.15) is 4.31 Å². The Labute approximate surface area is 183 Å². The zero-order valence-corrected chi connectivity index (χ0v) is 18.9. The molecule has 4 rings (SSSR count). The fourth-order valence-corrected chi connectivity index (χ4v) is 6.13. The SMILES string of the molecule is COc1ccc(S(=O)(=O)N2CCC[C@@H](C(=O)N3c4ccccc4C[C@@H]3C)C2)cc1OC. The molecule has 0 radical (unpaired) electrons. The van der Waals surface area contributed by atoms with E-state index in [9.17, 15) is 13.2 Å². The highest BCUT2D eigenvalue weighted by Crippen LogP contribution is 2.36. The predicted octanol–water partition coefficient (Wildman–Crippen LogP) is 3.08. The summed E-state index contributed by atoms with van der Waals surface area (Å²) in [5, 5.41) is 0. The van der Waals surface area contributed by atoms with Crippen LogP contribution in [-0.4, -0.2) is 52.0 Å². The number of para-hydroxylation sites is 1. The van der Waals surface area contributed by atoms with Gasteiger partial charge < -0.3 is 14.4 Å². The Morgan fingerprint density at radius 2 is 1.81 bits per heavy atom. The molecule has 2 aromatic rings. The van der Waals surface area contributed by atoms with Crippen LogP contribution in [0.25, 0.3) is 0 Å². The molecule has 2 aliphatic heterocycles. The summed E-state index contributed by atoms with van der Waals surface area (Å²) in [6, 6.07) is 12.6. The lowest BCUT2D eigenvalue weighted by atomic mass is 9.97. The first-order chi connectivity index (χ1) is 14.9. The molecule has 0 bridgehead atoms. The van der Waals surface area contributed by atoms with Crippen molar-refractivity contribution in [3.05, 3.63) is 48.0 Å². The quantitative estimate of drug-likeness (QED) is 0.708. The molecule has 0 N–H and O–H groups in total. The van der Waals surface area contributed by atoms with Gasteiger partial charge in [-0.3, -0.25) is 4.79 Å². The van der Waals surface area contributed by atoms with Crippen molar-refractivity contribution < 1.29 is 22.7 Å². The Morgan fingerprint density at radius 1 is 1.06 bits per heavy atom. The van der Waals surface area contributed by atoms with Gasteiger partial charge in [-0.05, 0) is 49.9 Å². The lowest BCUT2D eigenvalue weighted by Gasteiger charge is -2.34. The smallest absolute Gasteiger partial charge is 0.243 e. The number of amides is 1. The second-order valence-corrected chi connectivity index (χ2v) is 10.0. The maximum atomic E-state index is 13.4. The third-order valence-electron chi connectivity index (χ3n) is 6.17. The van der Waals surface area contributed by atoms with Crippen molar-refractivity contribution in [3.8, 4) is 11.5 Å². The summed E-state index contributed by atoms with van der Waals surface area (Å²) in [5.74, 6) is 0.465. The van der Waals surface area contributed by atoms with E-state index in [1.807, 2.05) is 36.1 Å². The number of ether oxygens (including phenoxy) is 2. The van der Waals surface area contributed by atoms with Gasteiger partial charge in [0, 0.05) is 30.9 Å².